The van der Waals surface area contributed by atoms with Crippen molar-refractivity contribution in [2.75, 3.05) is 18.0 Å². The second-order valence-electron chi connectivity index (χ2n) is 5.64. The third-order valence-electron chi connectivity index (χ3n) is 3.86. The highest BCUT2D eigenvalue weighted by atomic mass is 16.5. The van der Waals surface area contributed by atoms with Crippen LogP contribution in [-0.4, -0.2) is 35.3 Å². The number of morpholine rings is 1. The van der Waals surface area contributed by atoms with Crippen molar-refractivity contribution in [3.63, 3.8) is 0 Å². The largest absolute Gasteiger partial charge is 0.450 e. The number of fused-ring (bicyclic) bond motifs is 3. The van der Waals surface area contributed by atoms with Gasteiger partial charge in [-0.05, 0) is 26.0 Å². The Balaban J connectivity index is 1.88. The van der Waals surface area contributed by atoms with Crippen LogP contribution in [0.15, 0.2) is 35.0 Å². The Morgan fingerprint density at radius 1 is 1.10 bits per heavy atom. The molecule has 0 amide bonds. The normalized spacial score (nSPS) is 23.0. The Kier molecular flexibility index (Phi) is 2.82. The van der Waals surface area contributed by atoms with Gasteiger partial charge in [0.15, 0.2) is 11.4 Å². The van der Waals surface area contributed by atoms with Crippen molar-refractivity contribution in [3.05, 3.63) is 30.6 Å². The highest BCUT2D eigenvalue weighted by Gasteiger charge is 2.26. The second kappa shape index (κ2) is 4.70. The van der Waals surface area contributed by atoms with E-state index in [1.807, 2.05) is 24.3 Å². The molecule has 0 saturated carbocycles. The number of anilines is 1. The summed E-state index contributed by atoms with van der Waals surface area (Å²) in [7, 11) is 0. The van der Waals surface area contributed by atoms with Gasteiger partial charge in [-0.15, -0.1) is 0 Å². The summed E-state index contributed by atoms with van der Waals surface area (Å²) in [5.41, 5.74) is 2.49. The molecule has 1 aromatic carbocycles. The third kappa shape index (κ3) is 2.05. The smallest absolute Gasteiger partial charge is 0.196 e. The number of rotatable bonds is 1. The van der Waals surface area contributed by atoms with E-state index in [4.69, 9.17) is 9.15 Å². The first-order valence-corrected chi connectivity index (χ1v) is 7.25. The quantitative estimate of drug-likeness (QED) is 0.687. The topological polar surface area (TPSA) is 51.4 Å². The molecule has 0 bridgehead atoms. The van der Waals surface area contributed by atoms with Crippen LogP contribution in [-0.2, 0) is 4.74 Å². The van der Waals surface area contributed by atoms with Gasteiger partial charge in [-0.3, -0.25) is 0 Å². The first-order chi connectivity index (χ1) is 10.2. The third-order valence-corrected chi connectivity index (χ3v) is 3.86. The molecule has 21 heavy (non-hydrogen) atoms. The predicted octanol–water partition coefficient (Wildman–Crippen LogP) is 2.99. The van der Waals surface area contributed by atoms with Crippen LogP contribution in [0.5, 0.6) is 0 Å². The van der Waals surface area contributed by atoms with Gasteiger partial charge in [-0.1, -0.05) is 12.1 Å². The summed E-state index contributed by atoms with van der Waals surface area (Å²) in [5.74, 6) is 0.859. The van der Waals surface area contributed by atoms with Crippen molar-refractivity contribution < 1.29 is 9.15 Å². The fourth-order valence-corrected chi connectivity index (χ4v) is 3.09. The first kappa shape index (κ1) is 12.6. The summed E-state index contributed by atoms with van der Waals surface area (Å²) >= 11 is 0. The molecule has 0 radical (unpaired) electrons. The lowest BCUT2D eigenvalue weighted by atomic mass is 10.2. The van der Waals surface area contributed by atoms with E-state index in [0.717, 1.165) is 41.0 Å². The SMILES string of the molecule is C[C@H]1CN(c2ncnc3c2oc2ccccc23)C[C@H](C)O1. The van der Waals surface area contributed by atoms with E-state index in [0.29, 0.717) is 0 Å². The lowest BCUT2D eigenvalue weighted by Gasteiger charge is -2.35. The molecule has 2 atom stereocenters. The summed E-state index contributed by atoms with van der Waals surface area (Å²) in [4.78, 5) is 11.1. The molecule has 1 fully saturated rings. The second-order valence-corrected chi connectivity index (χ2v) is 5.64. The van der Waals surface area contributed by atoms with E-state index < -0.39 is 0 Å². The van der Waals surface area contributed by atoms with Crippen molar-refractivity contribution in [1.29, 1.82) is 0 Å². The number of aromatic nitrogens is 2. The van der Waals surface area contributed by atoms with Crippen LogP contribution in [0.2, 0.25) is 0 Å². The number of benzene rings is 1. The molecule has 0 aliphatic carbocycles. The molecule has 3 heterocycles. The minimum absolute atomic E-state index is 0.183. The molecule has 2 aromatic heterocycles. The molecule has 1 saturated heterocycles. The van der Waals surface area contributed by atoms with E-state index in [1.165, 1.54) is 0 Å². The number of nitrogens with zero attached hydrogens (tertiary/aromatic N) is 3. The Bertz CT molecular complexity index is 788. The lowest BCUT2D eigenvalue weighted by molar-refractivity contribution is -0.00541. The van der Waals surface area contributed by atoms with Gasteiger partial charge in [0.1, 0.15) is 17.4 Å². The highest BCUT2D eigenvalue weighted by molar-refractivity contribution is 6.05. The Morgan fingerprint density at radius 2 is 1.86 bits per heavy atom. The van der Waals surface area contributed by atoms with Crippen molar-refractivity contribution in [1.82, 2.24) is 9.97 Å². The van der Waals surface area contributed by atoms with E-state index in [2.05, 4.69) is 28.7 Å². The molecule has 0 unspecified atom stereocenters. The number of ether oxygens (including phenoxy) is 1. The number of para-hydroxylation sites is 1. The standard InChI is InChI=1S/C16H17N3O2/c1-10-7-19(8-11(2)20-10)16-15-14(17-9-18-16)12-5-3-4-6-13(12)21-15/h3-6,9-11H,7-8H2,1-2H3/t10-,11-/m0/s1. The minimum atomic E-state index is 0.183. The zero-order chi connectivity index (χ0) is 14.4. The summed E-state index contributed by atoms with van der Waals surface area (Å²) in [6, 6.07) is 7.96. The van der Waals surface area contributed by atoms with Crippen LogP contribution < -0.4 is 4.90 Å². The van der Waals surface area contributed by atoms with Gasteiger partial charge in [0, 0.05) is 18.5 Å². The Hall–Kier alpha value is -2.14. The molecular weight excluding hydrogens is 266 g/mol. The fourth-order valence-electron chi connectivity index (χ4n) is 3.09. The average molecular weight is 283 g/mol. The molecular formula is C16H17N3O2. The molecule has 0 spiro atoms. The lowest BCUT2D eigenvalue weighted by Crippen LogP contribution is -2.45. The van der Waals surface area contributed by atoms with Crippen LogP contribution in [0.4, 0.5) is 5.82 Å². The van der Waals surface area contributed by atoms with Crippen LogP contribution in [0.25, 0.3) is 22.1 Å². The number of hydrogen-bond acceptors (Lipinski definition) is 5. The number of hydrogen-bond donors (Lipinski definition) is 0. The minimum Gasteiger partial charge on any atom is -0.450 e. The predicted molar refractivity (Wildman–Crippen MR) is 81.5 cm³/mol. The molecule has 108 valence electrons. The number of furan rings is 1. The highest BCUT2D eigenvalue weighted by Crippen LogP contribution is 2.33. The van der Waals surface area contributed by atoms with Gasteiger partial charge in [0.25, 0.3) is 0 Å². The van der Waals surface area contributed by atoms with E-state index >= 15 is 0 Å². The van der Waals surface area contributed by atoms with E-state index in [9.17, 15) is 0 Å². The molecule has 5 heteroatoms. The summed E-state index contributed by atoms with van der Waals surface area (Å²) < 4.78 is 11.8. The van der Waals surface area contributed by atoms with Gasteiger partial charge in [-0.2, -0.15) is 0 Å². The van der Waals surface area contributed by atoms with Crippen LogP contribution in [0.3, 0.4) is 0 Å². The van der Waals surface area contributed by atoms with Gasteiger partial charge >= 0.3 is 0 Å². The van der Waals surface area contributed by atoms with Crippen molar-refractivity contribution in [3.8, 4) is 0 Å². The van der Waals surface area contributed by atoms with Crippen molar-refractivity contribution in [2.45, 2.75) is 26.1 Å². The molecule has 5 nitrogen and oxygen atoms in total. The maximum absolute atomic E-state index is 6.00. The van der Waals surface area contributed by atoms with Gasteiger partial charge in [0.2, 0.25) is 0 Å². The van der Waals surface area contributed by atoms with Crippen molar-refractivity contribution in [2.24, 2.45) is 0 Å². The molecule has 1 aliphatic rings. The molecule has 3 aromatic rings. The van der Waals surface area contributed by atoms with Crippen LogP contribution in [0, 0.1) is 0 Å². The summed E-state index contributed by atoms with van der Waals surface area (Å²) in [5, 5.41) is 1.03. The average Bonchev–Trinajstić information content (AvgIpc) is 2.84. The van der Waals surface area contributed by atoms with Crippen LogP contribution >= 0.6 is 0 Å². The fraction of sp³-hybridized carbons (Fsp3) is 0.375. The van der Waals surface area contributed by atoms with Gasteiger partial charge in [0.05, 0.1) is 12.2 Å². The van der Waals surface area contributed by atoms with Gasteiger partial charge < -0.3 is 14.1 Å². The zero-order valence-corrected chi connectivity index (χ0v) is 12.1. The Labute approximate surface area is 122 Å². The summed E-state index contributed by atoms with van der Waals surface area (Å²) in [6.07, 6.45) is 1.98. The van der Waals surface area contributed by atoms with E-state index in [1.54, 1.807) is 6.33 Å². The maximum atomic E-state index is 6.00. The van der Waals surface area contributed by atoms with E-state index in [-0.39, 0.29) is 12.2 Å². The van der Waals surface area contributed by atoms with Gasteiger partial charge in [-0.25, -0.2) is 9.97 Å². The first-order valence-electron chi connectivity index (χ1n) is 7.25. The molecule has 4 rings (SSSR count). The van der Waals surface area contributed by atoms with Crippen molar-refractivity contribution >= 4 is 27.9 Å². The monoisotopic (exact) mass is 283 g/mol. The summed E-state index contributed by atoms with van der Waals surface area (Å²) in [6.45, 7) is 5.79. The zero-order valence-electron chi connectivity index (χ0n) is 12.1. The molecule has 0 N–H and O–H groups in total. The molecule has 1 aliphatic heterocycles. The van der Waals surface area contributed by atoms with Crippen LogP contribution in [0.1, 0.15) is 13.8 Å². The Morgan fingerprint density at radius 3 is 2.67 bits per heavy atom. The maximum Gasteiger partial charge on any atom is 0.196 e.